The molecule has 0 atom stereocenters. The average molecular weight is 371 g/mol. The number of carbonyl (C=O) groups excluding carboxylic acids is 1. The highest BCUT2D eigenvalue weighted by Crippen LogP contribution is 2.28. The molecule has 0 saturated heterocycles. The topological polar surface area (TPSA) is 81.9 Å². The van der Waals surface area contributed by atoms with Gasteiger partial charge < -0.3 is 14.0 Å². The predicted molar refractivity (Wildman–Crippen MR) is 105 cm³/mol. The highest BCUT2D eigenvalue weighted by Gasteiger charge is 2.10. The number of hydrogen-bond donors (Lipinski definition) is 1. The van der Waals surface area contributed by atoms with E-state index in [1.165, 1.54) is 16.8 Å². The molecule has 2 aromatic rings. The van der Waals surface area contributed by atoms with Crippen LogP contribution in [0.1, 0.15) is 42.6 Å². The Labute approximate surface area is 158 Å². The molecule has 0 fully saturated rings. The standard InChI is InChI=1S/C20H25N3O4/c1-4-6-12-27-17-10-9-15(13-18(17)26-5-2)14-21-22-19(24)16-8-7-11-23(3)20(16)25/h7-11,13-14H,4-6,12H2,1-3H3,(H,22,24)/b21-14-. The molecule has 0 aliphatic carbocycles. The number of benzene rings is 1. The van der Waals surface area contributed by atoms with Crippen LogP contribution >= 0.6 is 0 Å². The summed E-state index contributed by atoms with van der Waals surface area (Å²) < 4.78 is 12.7. The van der Waals surface area contributed by atoms with Gasteiger partial charge in [-0.3, -0.25) is 9.59 Å². The zero-order chi connectivity index (χ0) is 19.6. The summed E-state index contributed by atoms with van der Waals surface area (Å²) >= 11 is 0. The third kappa shape index (κ3) is 5.70. The summed E-state index contributed by atoms with van der Waals surface area (Å²) in [4.78, 5) is 24.0. The Kier molecular flexibility index (Phi) is 7.61. The predicted octanol–water partition coefficient (Wildman–Crippen LogP) is 2.73. The first-order valence-corrected chi connectivity index (χ1v) is 8.95. The Bertz CT molecular complexity index is 859. The highest BCUT2D eigenvalue weighted by molar-refractivity contribution is 5.94. The zero-order valence-corrected chi connectivity index (χ0v) is 15.9. The van der Waals surface area contributed by atoms with Crippen molar-refractivity contribution in [2.45, 2.75) is 26.7 Å². The second kappa shape index (κ2) is 10.2. The van der Waals surface area contributed by atoms with Crippen LogP contribution in [0.5, 0.6) is 11.5 Å². The Morgan fingerprint density at radius 2 is 2.04 bits per heavy atom. The van der Waals surface area contributed by atoms with Crippen LogP contribution in [0.15, 0.2) is 46.4 Å². The van der Waals surface area contributed by atoms with Gasteiger partial charge in [-0.05, 0) is 49.2 Å². The minimum atomic E-state index is -0.558. The maximum Gasteiger partial charge on any atom is 0.276 e. The molecule has 1 aromatic heterocycles. The molecule has 0 aliphatic heterocycles. The van der Waals surface area contributed by atoms with Gasteiger partial charge in [0.2, 0.25) is 0 Å². The van der Waals surface area contributed by atoms with Gasteiger partial charge >= 0.3 is 0 Å². The van der Waals surface area contributed by atoms with Gasteiger partial charge in [0, 0.05) is 13.2 Å². The minimum absolute atomic E-state index is 0.0341. The van der Waals surface area contributed by atoms with Gasteiger partial charge in [-0.25, -0.2) is 5.43 Å². The molecule has 1 N–H and O–H groups in total. The van der Waals surface area contributed by atoms with Crippen molar-refractivity contribution >= 4 is 12.1 Å². The average Bonchev–Trinajstić information content (AvgIpc) is 2.66. The smallest absolute Gasteiger partial charge is 0.276 e. The number of aryl methyl sites for hydroxylation is 1. The van der Waals surface area contributed by atoms with E-state index in [1.54, 1.807) is 25.4 Å². The molecule has 1 amide bonds. The van der Waals surface area contributed by atoms with Crippen LogP contribution in [0.25, 0.3) is 0 Å². The maximum atomic E-state index is 12.1. The third-order valence-electron chi connectivity index (χ3n) is 3.77. The quantitative estimate of drug-likeness (QED) is 0.417. The van der Waals surface area contributed by atoms with Crippen molar-refractivity contribution in [1.82, 2.24) is 9.99 Å². The van der Waals surface area contributed by atoms with Crippen LogP contribution in [0.3, 0.4) is 0 Å². The normalized spacial score (nSPS) is 10.8. The molecular weight excluding hydrogens is 346 g/mol. The number of nitrogens with zero attached hydrogens (tertiary/aromatic N) is 2. The molecule has 0 radical (unpaired) electrons. The number of aromatic nitrogens is 1. The second-order valence-electron chi connectivity index (χ2n) is 5.88. The molecule has 0 spiro atoms. The van der Waals surface area contributed by atoms with Crippen LogP contribution in [0.4, 0.5) is 0 Å². The van der Waals surface area contributed by atoms with Crippen LogP contribution in [0.2, 0.25) is 0 Å². The van der Waals surface area contributed by atoms with Crippen molar-refractivity contribution in [1.29, 1.82) is 0 Å². The Morgan fingerprint density at radius 3 is 2.78 bits per heavy atom. The number of unbranched alkanes of at least 4 members (excludes halogenated alkanes) is 1. The van der Waals surface area contributed by atoms with E-state index in [0.717, 1.165) is 18.4 Å². The van der Waals surface area contributed by atoms with Crippen molar-refractivity contribution in [2.75, 3.05) is 13.2 Å². The van der Waals surface area contributed by atoms with Crippen molar-refractivity contribution in [2.24, 2.45) is 12.1 Å². The van der Waals surface area contributed by atoms with E-state index in [-0.39, 0.29) is 11.1 Å². The summed E-state index contributed by atoms with van der Waals surface area (Å²) in [6.45, 7) is 5.15. The van der Waals surface area contributed by atoms with E-state index in [0.29, 0.717) is 24.7 Å². The molecule has 7 nitrogen and oxygen atoms in total. The summed E-state index contributed by atoms with van der Waals surface area (Å²) in [6.07, 6.45) is 5.10. The first kappa shape index (κ1) is 20.2. The van der Waals surface area contributed by atoms with Gasteiger partial charge in [0.1, 0.15) is 5.56 Å². The summed E-state index contributed by atoms with van der Waals surface area (Å²) in [6, 6.07) is 8.52. The fourth-order valence-corrected chi connectivity index (χ4v) is 2.31. The number of hydrazone groups is 1. The summed E-state index contributed by atoms with van der Waals surface area (Å²) in [5, 5.41) is 3.93. The number of pyridine rings is 1. The lowest BCUT2D eigenvalue weighted by Gasteiger charge is -2.12. The summed E-state index contributed by atoms with van der Waals surface area (Å²) in [5.41, 5.74) is 2.76. The van der Waals surface area contributed by atoms with Crippen molar-refractivity contribution < 1.29 is 14.3 Å². The van der Waals surface area contributed by atoms with Gasteiger partial charge in [-0.15, -0.1) is 0 Å². The third-order valence-corrected chi connectivity index (χ3v) is 3.77. The van der Waals surface area contributed by atoms with Crippen LogP contribution in [-0.4, -0.2) is 29.9 Å². The fourth-order valence-electron chi connectivity index (χ4n) is 2.31. The molecule has 0 unspecified atom stereocenters. The molecule has 0 bridgehead atoms. The van der Waals surface area contributed by atoms with Gasteiger partial charge in [0.15, 0.2) is 11.5 Å². The largest absolute Gasteiger partial charge is 0.490 e. The molecule has 1 aromatic carbocycles. The van der Waals surface area contributed by atoms with E-state index >= 15 is 0 Å². The number of nitrogens with one attached hydrogen (secondary N) is 1. The molecule has 27 heavy (non-hydrogen) atoms. The van der Waals surface area contributed by atoms with E-state index in [2.05, 4.69) is 17.5 Å². The molecule has 1 heterocycles. The van der Waals surface area contributed by atoms with Gasteiger partial charge in [-0.1, -0.05) is 13.3 Å². The monoisotopic (exact) mass is 371 g/mol. The van der Waals surface area contributed by atoms with Crippen LogP contribution in [0, 0.1) is 0 Å². The number of amides is 1. The van der Waals surface area contributed by atoms with E-state index in [4.69, 9.17) is 9.47 Å². The summed E-state index contributed by atoms with van der Waals surface area (Å²) in [7, 11) is 1.59. The molecule has 7 heteroatoms. The Hall–Kier alpha value is -3.09. The number of hydrogen-bond acceptors (Lipinski definition) is 5. The second-order valence-corrected chi connectivity index (χ2v) is 5.88. The van der Waals surface area contributed by atoms with Gasteiger partial charge in [-0.2, -0.15) is 5.10 Å². The highest BCUT2D eigenvalue weighted by atomic mass is 16.5. The van der Waals surface area contributed by atoms with E-state index < -0.39 is 5.91 Å². The number of ether oxygens (including phenoxy) is 2. The van der Waals surface area contributed by atoms with Crippen LogP contribution < -0.4 is 20.5 Å². The number of carbonyl (C=O) groups is 1. The van der Waals surface area contributed by atoms with Gasteiger partial charge in [0.05, 0.1) is 19.4 Å². The molecule has 2 rings (SSSR count). The Balaban J connectivity index is 2.07. The summed E-state index contributed by atoms with van der Waals surface area (Å²) in [5.74, 6) is 0.747. The lowest BCUT2D eigenvalue weighted by Crippen LogP contribution is -2.29. The Morgan fingerprint density at radius 1 is 1.22 bits per heavy atom. The van der Waals surface area contributed by atoms with E-state index in [9.17, 15) is 9.59 Å². The maximum absolute atomic E-state index is 12.1. The molecule has 0 aliphatic rings. The zero-order valence-electron chi connectivity index (χ0n) is 15.9. The van der Waals surface area contributed by atoms with Crippen molar-refractivity contribution in [3.8, 4) is 11.5 Å². The molecule has 0 saturated carbocycles. The van der Waals surface area contributed by atoms with Crippen molar-refractivity contribution in [3.05, 3.63) is 58.0 Å². The lowest BCUT2D eigenvalue weighted by atomic mass is 10.2. The first-order chi connectivity index (χ1) is 13.1. The van der Waals surface area contributed by atoms with Crippen LogP contribution in [-0.2, 0) is 7.05 Å². The van der Waals surface area contributed by atoms with Crippen molar-refractivity contribution in [3.63, 3.8) is 0 Å². The fraction of sp³-hybridized carbons (Fsp3) is 0.350. The van der Waals surface area contributed by atoms with E-state index in [1.807, 2.05) is 19.1 Å². The number of rotatable bonds is 9. The molecular formula is C20H25N3O4. The SMILES string of the molecule is CCCCOc1ccc(/C=N\NC(=O)c2cccn(C)c2=O)cc1OCC. The lowest BCUT2D eigenvalue weighted by molar-refractivity contribution is 0.0953. The first-order valence-electron chi connectivity index (χ1n) is 8.95. The molecule has 144 valence electrons. The van der Waals surface area contributed by atoms with Gasteiger partial charge in [0.25, 0.3) is 11.5 Å². The minimum Gasteiger partial charge on any atom is -0.490 e.